The molecular formula is C14H22N4O. The summed E-state index contributed by atoms with van der Waals surface area (Å²) in [6, 6.07) is 4.33. The number of hydrogen-bond acceptors (Lipinski definition) is 4. The molecule has 0 aliphatic carbocycles. The molecule has 1 amide bonds. The maximum Gasteiger partial charge on any atom is 0.269 e. The Morgan fingerprint density at radius 1 is 1.58 bits per heavy atom. The smallest absolute Gasteiger partial charge is 0.269 e. The molecule has 1 fully saturated rings. The maximum atomic E-state index is 11.7. The predicted molar refractivity (Wildman–Crippen MR) is 76.4 cm³/mol. The molecule has 5 nitrogen and oxygen atoms in total. The fraction of sp³-hybridized carbons (Fsp3) is 0.571. The Labute approximate surface area is 114 Å². The zero-order valence-electron chi connectivity index (χ0n) is 11.4. The van der Waals surface area contributed by atoms with Gasteiger partial charge in [0.1, 0.15) is 5.69 Å². The molecule has 19 heavy (non-hydrogen) atoms. The van der Waals surface area contributed by atoms with Crippen molar-refractivity contribution in [3.05, 3.63) is 24.0 Å². The van der Waals surface area contributed by atoms with Crippen LogP contribution in [0.25, 0.3) is 0 Å². The molecule has 1 aromatic heterocycles. The minimum absolute atomic E-state index is 0.122. The molecule has 0 radical (unpaired) electrons. The van der Waals surface area contributed by atoms with E-state index in [9.17, 15) is 4.79 Å². The molecule has 3 N–H and O–H groups in total. The van der Waals surface area contributed by atoms with Crippen LogP contribution in [0.3, 0.4) is 0 Å². The van der Waals surface area contributed by atoms with Crippen LogP contribution < -0.4 is 16.0 Å². The molecule has 0 spiro atoms. The normalized spacial score (nSPS) is 18.3. The first-order chi connectivity index (χ1) is 9.29. The van der Waals surface area contributed by atoms with Crippen LogP contribution in [0, 0.1) is 0 Å². The van der Waals surface area contributed by atoms with Gasteiger partial charge in [-0.1, -0.05) is 0 Å². The molecule has 1 aromatic rings. The molecule has 2 heterocycles. The lowest BCUT2D eigenvalue weighted by molar-refractivity contribution is 0.0951. The van der Waals surface area contributed by atoms with Crippen LogP contribution in [0.15, 0.2) is 18.3 Å². The lowest BCUT2D eigenvalue weighted by Gasteiger charge is -2.12. The van der Waals surface area contributed by atoms with Crippen molar-refractivity contribution < 1.29 is 4.79 Å². The molecule has 104 valence electrons. The van der Waals surface area contributed by atoms with E-state index in [1.807, 2.05) is 13.0 Å². The highest BCUT2D eigenvalue weighted by Crippen LogP contribution is 2.11. The molecule has 0 unspecified atom stereocenters. The van der Waals surface area contributed by atoms with E-state index < -0.39 is 0 Å². The van der Waals surface area contributed by atoms with Gasteiger partial charge >= 0.3 is 0 Å². The average Bonchev–Trinajstić information content (AvgIpc) is 2.93. The monoisotopic (exact) mass is 262 g/mol. The third-order valence-corrected chi connectivity index (χ3v) is 3.31. The largest absolute Gasteiger partial charge is 0.385 e. The van der Waals surface area contributed by atoms with E-state index in [2.05, 4.69) is 20.9 Å². The Bertz CT molecular complexity index is 416. The number of amides is 1. The van der Waals surface area contributed by atoms with Gasteiger partial charge in [0.2, 0.25) is 0 Å². The second-order valence-electron chi connectivity index (χ2n) is 4.80. The topological polar surface area (TPSA) is 66.1 Å². The molecule has 1 atom stereocenters. The van der Waals surface area contributed by atoms with Gasteiger partial charge in [0.25, 0.3) is 5.91 Å². The van der Waals surface area contributed by atoms with Crippen molar-refractivity contribution in [2.75, 3.05) is 25.0 Å². The van der Waals surface area contributed by atoms with E-state index in [4.69, 9.17) is 0 Å². The van der Waals surface area contributed by atoms with Crippen molar-refractivity contribution in [1.29, 1.82) is 0 Å². The number of pyridine rings is 1. The third-order valence-electron chi connectivity index (χ3n) is 3.31. The van der Waals surface area contributed by atoms with Gasteiger partial charge in [-0.3, -0.25) is 9.78 Å². The number of carbonyl (C=O) groups is 1. The van der Waals surface area contributed by atoms with Crippen molar-refractivity contribution in [2.24, 2.45) is 0 Å². The summed E-state index contributed by atoms with van der Waals surface area (Å²) in [5, 5.41) is 9.57. The fourth-order valence-corrected chi connectivity index (χ4v) is 2.31. The van der Waals surface area contributed by atoms with E-state index in [1.165, 1.54) is 12.8 Å². The first-order valence-electron chi connectivity index (χ1n) is 7.01. The maximum absolute atomic E-state index is 11.7. The fourth-order valence-electron chi connectivity index (χ4n) is 2.31. The summed E-state index contributed by atoms with van der Waals surface area (Å²) in [5.41, 5.74) is 1.42. The van der Waals surface area contributed by atoms with E-state index in [-0.39, 0.29) is 5.91 Å². The second kappa shape index (κ2) is 7.09. The number of nitrogens with zero attached hydrogens (tertiary/aromatic N) is 1. The van der Waals surface area contributed by atoms with Crippen molar-refractivity contribution in [1.82, 2.24) is 15.6 Å². The van der Waals surface area contributed by atoms with Gasteiger partial charge in [0.15, 0.2) is 0 Å². The summed E-state index contributed by atoms with van der Waals surface area (Å²) in [6.45, 7) is 4.57. The van der Waals surface area contributed by atoms with Gasteiger partial charge in [-0.15, -0.1) is 0 Å². The number of hydrogen-bond donors (Lipinski definition) is 3. The molecule has 5 heteroatoms. The zero-order valence-corrected chi connectivity index (χ0v) is 11.4. The first kappa shape index (κ1) is 13.8. The van der Waals surface area contributed by atoms with Gasteiger partial charge in [-0.25, -0.2) is 0 Å². The van der Waals surface area contributed by atoms with E-state index in [0.29, 0.717) is 18.3 Å². The van der Waals surface area contributed by atoms with Crippen molar-refractivity contribution in [3.8, 4) is 0 Å². The minimum atomic E-state index is -0.122. The van der Waals surface area contributed by atoms with Gasteiger partial charge in [0.05, 0.1) is 0 Å². The van der Waals surface area contributed by atoms with E-state index in [0.717, 1.165) is 25.2 Å². The lowest BCUT2D eigenvalue weighted by Crippen LogP contribution is -2.25. The van der Waals surface area contributed by atoms with Gasteiger partial charge in [0, 0.05) is 31.0 Å². The summed E-state index contributed by atoms with van der Waals surface area (Å²) in [6.07, 6.45) is 5.32. The molecular weight excluding hydrogens is 240 g/mol. The van der Waals surface area contributed by atoms with E-state index >= 15 is 0 Å². The van der Waals surface area contributed by atoms with E-state index in [1.54, 1.807) is 12.3 Å². The standard InChI is InChI=1S/C14H22N4O/c1-2-15-14(19)13-10-12(6-9-18-13)17-8-5-11-4-3-7-16-11/h6,9-11,16H,2-5,7-8H2,1H3,(H,15,19)(H,17,18)/t11-/m1/s1. The number of aromatic nitrogens is 1. The number of rotatable bonds is 6. The summed E-state index contributed by atoms with van der Waals surface area (Å²) >= 11 is 0. The summed E-state index contributed by atoms with van der Waals surface area (Å²) < 4.78 is 0. The highest BCUT2D eigenvalue weighted by atomic mass is 16.1. The lowest BCUT2D eigenvalue weighted by atomic mass is 10.1. The number of anilines is 1. The molecule has 0 saturated carbocycles. The Morgan fingerprint density at radius 2 is 2.47 bits per heavy atom. The molecule has 0 aromatic carbocycles. The SMILES string of the molecule is CCNC(=O)c1cc(NCC[C@H]2CCCN2)ccn1. The Hall–Kier alpha value is -1.62. The molecule has 1 saturated heterocycles. The van der Waals surface area contributed by atoms with Crippen LogP contribution in [-0.4, -0.2) is 36.6 Å². The zero-order chi connectivity index (χ0) is 13.5. The molecule has 0 bridgehead atoms. The number of carbonyl (C=O) groups excluding carboxylic acids is 1. The number of nitrogens with one attached hydrogen (secondary N) is 3. The van der Waals surface area contributed by atoms with Crippen LogP contribution in [0.1, 0.15) is 36.7 Å². The Kier molecular flexibility index (Phi) is 5.15. The van der Waals surface area contributed by atoms with Crippen LogP contribution in [0.5, 0.6) is 0 Å². The molecule has 2 rings (SSSR count). The second-order valence-corrected chi connectivity index (χ2v) is 4.80. The molecule has 1 aliphatic rings. The van der Waals surface area contributed by atoms with Crippen molar-refractivity contribution in [3.63, 3.8) is 0 Å². The summed E-state index contributed by atoms with van der Waals surface area (Å²) in [4.78, 5) is 15.7. The van der Waals surface area contributed by atoms with Gasteiger partial charge in [-0.2, -0.15) is 0 Å². The van der Waals surface area contributed by atoms with Gasteiger partial charge in [-0.05, 0) is 44.9 Å². The summed E-state index contributed by atoms with van der Waals surface area (Å²) in [5.74, 6) is -0.122. The van der Waals surface area contributed by atoms with Crippen LogP contribution >= 0.6 is 0 Å². The summed E-state index contributed by atoms with van der Waals surface area (Å²) in [7, 11) is 0. The van der Waals surface area contributed by atoms with Crippen molar-refractivity contribution >= 4 is 11.6 Å². The Balaban J connectivity index is 1.82. The minimum Gasteiger partial charge on any atom is -0.385 e. The predicted octanol–water partition coefficient (Wildman–Crippen LogP) is 1.39. The van der Waals surface area contributed by atoms with Crippen LogP contribution in [-0.2, 0) is 0 Å². The highest BCUT2D eigenvalue weighted by molar-refractivity contribution is 5.93. The quantitative estimate of drug-likeness (QED) is 0.725. The highest BCUT2D eigenvalue weighted by Gasteiger charge is 2.13. The Morgan fingerprint density at radius 3 is 3.21 bits per heavy atom. The molecule has 1 aliphatic heterocycles. The van der Waals surface area contributed by atoms with Gasteiger partial charge < -0.3 is 16.0 Å². The van der Waals surface area contributed by atoms with Crippen LogP contribution in [0.4, 0.5) is 5.69 Å². The average molecular weight is 262 g/mol. The van der Waals surface area contributed by atoms with Crippen molar-refractivity contribution in [2.45, 2.75) is 32.2 Å². The third kappa shape index (κ3) is 4.21. The first-order valence-corrected chi connectivity index (χ1v) is 7.01. The van der Waals surface area contributed by atoms with Crippen LogP contribution in [0.2, 0.25) is 0 Å².